The van der Waals surface area contributed by atoms with Crippen LogP contribution in [0.15, 0.2) is 12.3 Å². The average molecular weight is 280 g/mol. The van der Waals surface area contributed by atoms with Crippen molar-refractivity contribution in [2.24, 2.45) is 7.05 Å². The molecule has 7 nitrogen and oxygen atoms in total. The van der Waals surface area contributed by atoms with Gasteiger partial charge in [-0.05, 0) is 13.8 Å². The lowest BCUT2D eigenvalue weighted by Crippen LogP contribution is -2.15. The second-order valence-electron chi connectivity index (χ2n) is 4.07. The van der Waals surface area contributed by atoms with Crippen molar-refractivity contribution in [2.75, 3.05) is 5.32 Å². The second-order valence-corrected chi connectivity index (χ2v) is 5.27. The van der Waals surface area contributed by atoms with Gasteiger partial charge in [0.1, 0.15) is 5.69 Å². The lowest BCUT2D eigenvalue weighted by Gasteiger charge is -2.01. The minimum atomic E-state index is -0.533. The molecule has 1 N–H and O–H groups in total. The Morgan fingerprint density at radius 3 is 2.68 bits per heavy atom. The Bertz CT molecular complexity index is 639. The van der Waals surface area contributed by atoms with Crippen LogP contribution >= 0.6 is 11.3 Å². The van der Waals surface area contributed by atoms with Gasteiger partial charge in [-0.25, -0.2) is 4.98 Å². The molecule has 0 aliphatic carbocycles. The van der Waals surface area contributed by atoms with Crippen molar-refractivity contribution in [3.05, 3.63) is 38.6 Å². The van der Waals surface area contributed by atoms with E-state index in [2.05, 4.69) is 10.3 Å². The zero-order valence-electron chi connectivity index (χ0n) is 10.6. The molecule has 2 aromatic rings. The van der Waals surface area contributed by atoms with Gasteiger partial charge in [0.05, 0.1) is 16.8 Å². The van der Waals surface area contributed by atoms with Crippen LogP contribution in [0.5, 0.6) is 0 Å². The molecule has 2 heterocycles. The van der Waals surface area contributed by atoms with Gasteiger partial charge in [-0.1, -0.05) is 0 Å². The average Bonchev–Trinajstić information content (AvgIpc) is 2.83. The summed E-state index contributed by atoms with van der Waals surface area (Å²) in [6.07, 6.45) is 1.30. The molecule has 0 unspecified atom stereocenters. The zero-order valence-corrected chi connectivity index (χ0v) is 11.4. The first kappa shape index (κ1) is 13.2. The molecular weight excluding hydrogens is 268 g/mol. The van der Waals surface area contributed by atoms with Crippen LogP contribution in [0.25, 0.3) is 0 Å². The van der Waals surface area contributed by atoms with Gasteiger partial charge >= 0.3 is 0 Å². The van der Waals surface area contributed by atoms with Gasteiger partial charge < -0.3 is 4.57 Å². The maximum atomic E-state index is 12.0. The smallest absolute Gasteiger partial charge is 0.287 e. The normalized spacial score (nSPS) is 10.5. The molecule has 1 amide bonds. The summed E-state index contributed by atoms with van der Waals surface area (Å²) >= 11 is 1.37. The maximum Gasteiger partial charge on any atom is 0.287 e. The van der Waals surface area contributed by atoms with Gasteiger partial charge in [0.25, 0.3) is 11.6 Å². The van der Waals surface area contributed by atoms with E-state index in [0.717, 1.165) is 10.6 Å². The van der Waals surface area contributed by atoms with E-state index in [1.807, 2.05) is 13.8 Å². The molecule has 0 fully saturated rings. The molecular formula is C11H12N4O3S. The SMILES string of the molecule is Cc1nc(NC(=O)c2cc([N+](=O)[O-])cn2C)sc1C. The summed E-state index contributed by atoms with van der Waals surface area (Å²) in [6, 6.07) is 1.24. The highest BCUT2D eigenvalue weighted by atomic mass is 32.1. The van der Waals surface area contributed by atoms with Crippen LogP contribution in [0, 0.1) is 24.0 Å². The number of nitrogens with zero attached hydrogens (tertiary/aromatic N) is 3. The number of carbonyl (C=O) groups excluding carboxylic acids is 1. The fourth-order valence-electron chi connectivity index (χ4n) is 1.56. The highest BCUT2D eigenvalue weighted by Gasteiger charge is 2.18. The summed E-state index contributed by atoms with van der Waals surface area (Å²) < 4.78 is 1.42. The summed E-state index contributed by atoms with van der Waals surface area (Å²) in [4.78, 5) is 27.3. The third kappa shape index (κ3) is 2.63. The molecule has 0 radical (unpaired) electrons. The van der Waals surface area contributed by atoms with E-state index in [1.54, 1.807) is 7.05 Å². The van der Waals surface area contributed by atoms with Crippen LogP contribution in [0.1, 0.15) is 21.1 Å². The fraction of sp³-hybridized carbons (Fsp3) is 0.273. The molecule has 0 saturated heterocycles. The van der Waals surface area contributed by atoms with Gasteiger partial charge in [-0.15, -0.1) is 11.3 Å². The highest BCUT2D eigenvalue weighted by molar-refractivity contribution is 7.15. The lowest BCUT2D eigenvalue weighted by atomic mass is 10.4. The minimum Gasteiger partial charge on any atom is -0.340 e. The molecule has 8 heteroatoms. The summed E-state index contributed by atoms with van der Waals surface area (Å²) in [6.45, 7) is 3.77. The monoisotopic (exact) mass is 280 g/mol. The van der Waals surface area contributed by atoms with Crippen molar-refractivity contribution in [2.45, 2.75) is 13.8 Å². The molecule has 0 saturated carbocycles. The first-order valence-corrected chi connectivity index (χ1v) is 6.26. The van der Waals surface area contributed by atoms with Gasteiger partial charge in [0, 0.05) is 18.0 Å². The molecule has 0 aliphatic heterocycles. The number of carbonyl (C=O) groups is 1. The van der Waals surface area contributed by atoms with Crippen LogP contribution in [0.4, 0.5) is 10.8 Å². The van der Waals surface area contributed by atoms with Gasteiger partial charge in [0.2, 0.25) is 0 Å². The van der Waals surface area contributed by atoms with Crippen molar-refractivity contribution in [3.8, 4) is 0 Å². The van der Waals surface area contributed by atoms with Gasteiger partial charge in [-0.3, -0.25) is 20.2 Å². The molecule has 100 valence electrons. The Balaban J connectivity index is 2.22. The fourth-order valence-corrected chi connectivity index (χ4v) is 2.37. The van der Waals surface area contributed by atoms with E-state index in [0.29, 0.717) is 5.13 Å². The van der Waals surface area contributed by atoms with Crippen molar-refractivity contribution in [3.63, 3.8) is 0 Å². The van der Waals surface area contributed by atoms with E-state index in [4.69, 9.17) is 0 Å². The van der Waals surface area contributed by atoms with E-state index < -0.39 is 10.8 Å². The zero-order chi connectivity index (χ0) is 14.2. The van der Waals surface area contributed by atoms with Crippen molar-refractivity contribution in [1.82, 2.24) is 9.55 Å². The van der Waals surface area contributed by atoms with Crippen LogP contribution < -0.4 is 5.32 Å². The largest absolute Gasteiger partial charge is 0.340 e. The Morgan fingerprint density at radius 1 is 1.53 bits per heavy atom. The topological polar surface area (TPSA) is 90.1 Å². The first-order valence-electron chi connectivity index (χ1n) is 5.44. The predicted molar refractivity (Wildman–Crippen MR) is 71.6 cm³/mol. The van der Waals surface area contributed by atoms with Crippen molar-refractivity contribution >= 4 is 28.1 Å². The van der Waals surface area contributed by atoms with E-state index >= 15 is 0 Å². The lowest BCUT2D eigenvalue weighted by molar-refractivity contribution is -0.384. The number of hydrogen-bond acceptors (Lipinski definition) is 5. The third-order valence-corrected chi connectivity index (χ3v) is 3.67. The standard InChI is InChI=1S/C11H12N4O3S/c1-6-7(2)19-11(12-6)13-10(16)9-4-8(15(17)18)5-14(9)3/h4-5H,1-3H3,(H,12,13,16). The van der Waals surface area contributed by atoms with E-state index in [1.165, 1.54) is 28.2 Å². The number of hydrogen-bond donors (Lipinski definition) is 1. The Morgan fingerprint density at radius 2 is 2.21 bits per heavy atom. The predicted octanol–water partition coefficient (Wildman–Crippen LogP) is 2.26. The Kier molecular flexibility index (Phi) is 3.34. The molecule has 2 aromatic heterocycles. The summed E-state index contributed by atoms with van der Waals surface area (Å²) in [5.41, 5.74) is 0.967. The molecule has 0 aromatic carbocycles. The van der Waals surface area contributed by atoms with E-state index in [-0.39, 0.29) is 11.4 Å². The molecule has 0 atom stereocenters. The number of amides is 1. The van der Waals surface area contributed by atoms with Crippen LogP contribution in [0.2, 0.25) is 0 Å². The van der Waals surface area contributed by atoms with Crippen LogP contribution in [-0.2, 0) is 7.05 Å². The molecule has 2 rings (SSSR count). The van der Waals surface area contributed by atoms with Crippen molar-refractivity contribution in [1.29, 1.82) is 0 Å². The second kappa shape index (κ2) is 4.81. The minimum absolute atomic E-state index is 0.112. The maximum absolute atomic E-state index is 12.0. The number of anilines is 1. The summed E-state index contributed by atoms with van der Waals surface area (Å²) in [7, 11) is 1.58. The number of rotatable bonds is 3. The number of aryl methyl sites for hydroxylation is 3. The Labute approximate surface area is 113 Å². The van der Waals surface area contributed by atoms with E-state index in [9.17, 15) is 14.9 Å². The number of thiazole rings is 1. The number of aromatic nitrogens is 2. The van der Waals surface area contributed by atoms with Crippen LogP contribution in [-0.4, -0.2) is 20.4 Å². The summed E-state index contributed by atoms with van der Waals surface area (Å²) in [5, 5.41) is 13.8. The Hall–Kier alpha value is -2.22. The summed E-state index contributed by atoms with van der Waals surface area (Å²) in [5.74, 6) is -0.413. The number of nitro groups is 1. The molecule has 0 aliphatic rings. The number of nitrogens with one attached hydrogen (secondary N) is 1. The molecule has 0 spiro atoms. The molecule has 19 heavy (non-hydrogen) atoms. The van der Waals surface area contributed by atoms with Gasteiger partial charge in [-0.2, -0.15) is 0 Å². The van der Waals surface area contributed by atoms with Gasteiger partial charge in [0.15, 0.2) is 5.13 Å². The highest BCUT2D eigenvalue weighted by Crippen LogP contribution is 2.22. The first-order chi connectivity index (χ1) is 8.88. The third-order valence-electron chi connectivity index (χ3n) is 2.68. The molecule has 0 bridgehead atoms. The quantitative estimate of drug-likeness (QED) is 0.689. The van der Waals surface area contributed by atoms with Crippen LogP contribution in [0.3, 0.4) is 0 Å². The van der Waals surface area contributed by atoms with Crippen molar-refractivity contribution < 1.29 is 9.72 Å².